The summed E-state index contributed by atoms with van der Waals surface area (Å²) in [6, 6.07) is 0.831. The van der Waals surface area contributed by atoms with Crippen LogP contribution in [0.15, 0.2) is 0 Å². The zero-order chi connectivity index (χ0) is 18.4. The highest BCUT2D eigenvalue weighted by molar-refractivity contribution is 7.80. The maximum absolute atomic E-state index is 5.65. The Morgan fingerprint density at radius 3 is 1.17 bits per heavy atom. The normalized spacial score (nSPS) is 29.0. The molecule has 0 aliphatic carbocycles. The molecule has 0 atom stereocenters. The third kappa shape index (κ3) is 5.85. The molecule has 0 aromatic carbocycles. The maximum atomic E-state index is 5.65. The summed E-state index contributed by atoms with van der Waals surface area (Å²) in [6.45, 7) is 18.2. The average molecular weight is 355 g/mol. The summed E-state index contributed by atoms with van der Waals surface area (Å²) in [5.74, 6) is 0. The van der Waals surface area contributed by atoms with E-state index in [0.717, 1.165) is 30.8 Å². The summed E-state index contributed by atoms with van der Waals surface area (Å²) in [7, 11) is 0. The molecule has 0 unspecified atom stereocenters. The van der Waals surface area contributed by atoms with Crippen molar-refractivity contribution in [1.29, 1.82) is 0 Å². The van der Waals surface area contributed by atoms with Crippen LogP contribution in [0.1, 0.15) is 81.1 Å². The Bertz CT molecular complexity index is 408. The Kier molecular flexibility index (Phi) is 5.32. The van der Waals surface area contributed by atoms with E-state index in [2.05, 4.69) is 76.7 Å². The fourth-order valence-electron chi connectivity index (χ4n) is 5.26. The van der Waals surface area contributed by atoms with Crippen LogP contribution in [0.25, 0.3) is 0 Å². The van der Waals surface area contributed by atoms with Crippen molar-refractivity contribution in [3.8, 4) is 0 Å². The average Bonchev–Trinajstić information content (AvgIpc) is 2.17. The molecule has 2 saturated heterocycles. The maximum Gasteiger partial charge on any atom is 0.166 e. The Morgan fingerprint density at radius 2 is 0.917 bits per heavy atom. The van der Waals surface area contributed by atoms with Gasteiger partial charge in [0.25, 0.3) is 0 Å². The van der Waals surface area contributed by atoms with E-state index in [1.165, 1.54) is 0 Å². The van der Waals surface area contributed by atoms with Crippen molar-refractivity contribution in [3.05, 3.63) is 0 Å². The predicted molar refractivity (Wildman–Crippen MR) is 108 cm³/mol. The minimum atomic E-state index is 0.133. The third-order valence-corrected chi connectivity index (χ3v) is 5.29. The Morgan fingerprint density at radius 1 is 0.667 bits per heavy atom. The van der Waals surface area contributed by atoms with Gasteiger partial charge >= 0.3 is 0 Å². The van der Waals surface area contributed by atoms with Crippen molar-refractivity contribution in [1.82, 2.24) is 21.3 Å². The third-order valence-electron chi connectivity index (χ3n) is 5.05. The number of hydrogen-bond acceptors (Lipinski definition) is 3. The quantitative estimate of drug-likeness (QED) is 0.574. The van der Waals surface area contributed by atoms with E-state index < -0.39 is 0 Å². The molecular formula is C19H38N4S. The summed E-state index contributed by atoms with van der Waals surface area (Å²) in [5.41, 5.74) is 0.531. The van der Waals surface area contributed by atoms with E-state index in [4.69, 9.17) is 12.2 Å². The van der Waals surface area contributed by atoms with Crippen LogP contribution in [-0.2, 0) is 0 Å². The van der Waals surface area contributed by atoms with Gasteiger partial charge in [0.1, 0.15) is 0 Å². The molecule has 0 spiro atoms. The zero-order valence-electron chi connectivity index (χ0n) is 16.9. The number of hydrogen-bond donors (Lipinski definition) is 4. The SMILES string of the molecule is CC1(C)CC(NC(=S)NC2CC(C)(C)NC(C)(C)C2)CC(C)(C)N1. The number of thiocarbonyl (C=S) groups is 1. The van der Waals surface area contributed by atoms with E-state index in [9.17, 15) is 0 Å². The smallest absolute Gasteiger partial charge is 0.166 e. The molecule has 0 amide bonds. The van der Waals surface area contributed by atoms with Crippen molar-refractivity contribution < 1.29 is 0 Å². The van der Waals surface area contributed by atoms with Crippen LogP contribution in [0.2, 0.25) is 0 Å². The van der Waals surface area contributed by atoms with Gasteiger partial charge in [-0.25, -0.2) is 0 Å². The molecule has 2 aliphatic rings. The van der Waals surface area contributed by atoms with Crippen molar-refractivity contribution in [2.24, 2.45) is 0 Å². The van der Waals surface area contributed by atoms with E-state index in [1.807, 2.05) is 0 Å². The molecule has 4 N–H and O–H groups in total. The lowest BCUT2D eigenvalue weighted by Crippen LogP contribution is -2.65. The van der Waals surface area contributed by atoms with E-state index in [0.29, 0.717) is 12.1 Å². The van der Waals surface area contributed by atoms with Crippen molar-refractivity contribution in [3.63, 3.8) is 0 Å². The first-order valence-corrected chi connectivity index (χ1v) is 9.74. The largest absolute Gasteiger partial charge is 0.360 e. The highest BCUT2D eigenvalue weighted by atomic mass is 32.1. The molecule has 4 nitrogen and oxygen atoms in total. The Labute approximate surface area is 154 Å². The minimum Gasteiger partial charge on any atom is -0.360 e. The lowest BCUT2D eigenvalue weighted by atomic mass is 9.79. The van der Waals surface area contributed by atoms with Gasteiger partial charge in [-0.05, 0) is 93.3 Å². The van der Waals surface area contributed by atoms with Crippen molar-refractivity contribution >= 4 is 17.3 Å². The molecule has 0 aromatic heterocycles. The molecule has 2 heterocycles. The lowest BCUT2D eigenvalue weighted by molar-refractivity contribution is 0.150. The van der Waals surface area contributed by atoms with Crippen LogP contribution in [-0.4, -0.2) is 39.4 Å². The van der Waals surface area contributed by atoms with Crippen LogP contribution in [0.4, 0.5) is 0 Å². The molecule has 0 bridgehead atoms. The van der Waals surface area contributed by atoms with Crippen LogP contribution < -0.4 is 21.3 Å². The van der Waals surface area contributed by atoms with Gasteiger partial charge in [0.05, 0.1) is 0 Å². The van der Waals surface area contributed by atoms with Gasteiger partial charge in [-0.1, -0.05) is 0 Å². The summed E-state index contributed by atoms with van der Waals surface area (Å²) < 4.78 is 0. The molecule has 0 saturated carbocycles. The monoisotopic (exact) mass is 354 g/mol. The first kappa shape index (κ1) is 19.9. The highest BCUT2D eigenvalue weighted by Crippen LogP contribution is 2.30. The molecule has 0 radical (unpaired) electrons. The Balaban J connectivity index is 1.93. The molecule has 140 valence electrons. The molecular weight excluding hydrogens is 316 g/mol. The summed E-state index contributed by atoms with van der Waals surface area (Å²) in [5, 5.41) is 15.4. The predicted octanol–water partition coefficient (Wildman–Crippen LogP) is 3.07. The van der Waals surface area contributed by atoms with Crippen LogP contribution in [0, 0.1) is 0 Å². The first-order valence-electron chi connectivity index (χ1n) is 9.33. The van der Waals surface area contributed by atoms with E-state index in [1.54, 1.807) is 0 Å². The number of rotatable bonds is 2. The van der Waals surface area contributed by atoms with Gasteiger partial charge in [-0.2, -0.15) is 0 Å². The van der Waals surface area contributed by atoms with Crippen LogP contribution >= 0.6 is 12.2 Å². The van der Waals surface area contributed by atoms with Gasteiger partial charge in [0.2, 0.25) is 0 Å². The van der Waals surface area contributed by atoms with Gasteiger partial charge in [0.15, 0.2) is 5.11 Å². The second-order valence-electron chi connectivity index (χ2n) is 10.6. The van der Waals surface area contributed by atoms with Crippen molar-refractivity contribution in [2.75, 3.05) is 0 Å². The minimum absolute atomic E-state index is 0.133. The number of nitrogens with one attached hydrogen (secondary N) is 4. The van der Waals surface area contributed by atoms with E-state index >= 15 is 0 Å². The zero-order valence-corrected chi connectivity index (χ0v) is 17.7. The second kappa shape index (κ2) is 6.40. The topological polar surface area (TPSA) is 48.1 Å². The fraction of sp³-hybridized carbons (Fsp3) is 0.947. The lowest BCUT2D eigenvalue weighted by Gasteiger charge is -2.48. The van der Waals surface area contributed by atoms with Gasteiger partial charge in [0, 0.05) is 34.2 Å². The summed E-state index contributed by atoms with van der Waals surface area (Å²) in [6.07, 6.45) is 4.34. The van der Waals surface area contributed by atoms with E-state index in [-0.39, 0.29) is 22.2 Å². The van der Waals surface area contributed by atoms with Gasteiger partial charge in [-0.3, -0.25) is 0 Å². The highest BCUT2D eigenvalue weighted by Gasteiger charge is 2.39. The van der Waals surface area contributed by atoms with Crippen LogP contribution in [0.3, 0.4) is 0 Å². The second-order valence-corrected chi connectivity index (χ2v) is 11.0. The molecule has 2 aliphatic heterocycles. The summed E-state index contributed by atoms with van der Waals surface area (Å²) >= 11 is 5.65. The first-order chi connectivity index (χ1) is 10.7. The molecule has 0 aromatic rings. The number of piperidine rings is 2. The molecule has 2 rings (SSSR count). The standard InChI is InChI=1S/C19H38N4S/c1-16(2)9-13(10-17(3,4)22-16)20-15(24)21-14-11-18(5,6)23-19(7,8)12-14/h13-14,22-23H,9-12H2,1-8H3,(H2,20,21,24). The van der Waals surface area contributed by atoms with Crippen molar-refractivity contribution in [2.45, 2.75) is 115 Å². The van der Waals surface area contributed by atoms with Gasteiger partial charge in [-0.15, -0.1) is 0 Å². The van der Waals surface area contributed by atoms with Crippen LogP contribution in [0.5, 0.6) is 0 Å². The molecule has 5 heteroatoms. The van der Waals surface area contributed by atoms with Gasteiger partial charge < -0.3 is 21.3 Å². The summed E-state index contributed by atoms with van der Waals surface area (Å²) in [4.78, 5) is 0. The molecule has 2 fully saturated rings. The Hall–Kier alpha value is -0.390. The molecule has 24 heavy (non-hydrogen) atoms. The fourth-order valence-corrected chi connectivity index (χ4v) is 5.59.